The van der Waals surface area contributed by atoms with Crippen LogP contribution in [0.2, 0.25) is 0 Å². The SMILES string of the molecule is CC(C)(C)c1cc(C=N[C@@H]2CCCC[C@H]2N=Cc2cc(C(C)(C)C)cc(C(C)(C)C)c2[O-])c([O-])c(C(C)(C)C)c1.CC(C)(C)c1cc(C=N[C@@H]2CCCC[C@H]2N=Cc2cc(C(C)(C)C)cc(C(C)(C)C)c2[O-])c([O-])c(C(C)(C)C)c1.[Cl][In]([Cl])[Cl].[Co+2].[Co+2]. The predicted octanol–water partition coefficient (Wildman–Crippen LogP) is 17.4. The Bertz CT molecular complexity index is 2610. The van der Waals surface area contributed by atoms with Gasteiger partial charge < -0.3 is 20.4 Å². The van der Waals surface area contributed by atoms with E-state index in [2.05, 4.69) is 190 Å². The van der Waals surface area contributed by atoms with Crippen molar-refractivity contribution in [2.45, 2.75) is 285 Å². The van der Waals surface area contributed by atoms with E-state index in [0.29, 0.717) is 22.3 Å². The molecule has 4 aromatic carbocycles. The normalized spacial score (nSPS) is 18.5. The first-order chi connectivity index (χ1) is 38.1. The summed E-state index contributed by atoms with van der Waals surface area (Å²) < 4.78 is 0. The van der Waals surface area contributed by atoms with Crippen LogP contribution in [0.5, 0.6) is 23.0 Å². The second-order valence-corrected chi connectivity index (χ2v) is 46.7. The number of aliphatic imine (C=N–C) groups is 4. The summed E-state index contributed by atoms with van der Waals surface area (Å²) in [5.74, 6) is 0.240. The minimum atomic E-state index is -2.22. The van der Waals surface area contributed by atoms with E-state index in [0.717, 1.165) is 95.9 Å². The topological polar surface area (TPSA) is 142 Å². The Morgan fingerprint density at radius 3 is 0.593 bits per heavy atom. The van der Waals surface area contributed by atoms with E-state index < -0.39 is 17.9 Å². The van der Waals surface area contributed by atoms with E-state index in [-0.39, 0.29) is 124 Å². The summed E-state index contributed by atoms with van der Waals surface area (Å²) in [4.78, 5) is 19.9. The van der Waals surface area contributed by atoms with E-state index in [4.69, 9.17) is 45.7 Å². The van der Waals surface area contributed by atoms with Crippen LogP contribution in [-0.2, 0) is 76.9 Å². The Morgan fingerprint density at radius 2 is 0.465 bits per heavy atom. The molecule has 2 saturated carbocycles. The van der Waals surface area contributed by atoms with E-state index in [1.54, 1.807) is 24.9 Å². The molecule has 0 heterocycles. The summed E-state index contributed by atoms with van der Waals surface area (Å²) in [7, 11) is 15.0. The van der Waals surface area contributed by atoms with Crippen LogP contribution in [0, 0.1) is 0 Å². The Hall–Kier alpha value is -2.49. The number of rotatable bonds is 8. The van der Waals surface area contributed by atoms with Gasteiger partial charge in [0.1, 0.15) is 0 Å². The molecule has 0 spiro atoms. The molecule has 14 heteroatoms. The van der Waals surface area contributed by atoms with Crippen LogP contribution >= 0.6 is 25.7 Å². The molecule has 0 aliphatic heterocycles. The number of hydrogen-bond acceptors (Lipinski definition) is 8. The molecule has 0 amide bonds. The minimum absolute atomic E-state index is 0. The average molecular weight is 1430 g/mol. The molecule has 6 rings (SSSR count). The maximum absolute atomic E-state index is 13.5. The van der Waals surface area contributed by atoms with Crippen molar-refractivity contribution in [2.75, 3.05) is 0 Å². The standard InChI is InChI=1S/2C36H54N2O2.3ClH.2Co.In/c2*1-33(2,3)25-17-23(31(39)27(19-25)35(7,8)9)21-37-29-15-13-14-16-30(29)38-22-24-18-26(34(4,5)6)20-28(32(24)40)36(10,11)12;;;;;;/h2*17-22,29-30,39-40H,13-16H2,1-12H3;3*1H;;;/q;;;;;2*+2;+3/p-7/t2*29-,30-;;;;;;/m11....../s1. The summed E-state index contributed by atoms with van der Waals surface area (Å²) in [6, 6.07) is 16.3. The molecule has 0 saturated heterocycles. The van der Waals surface area contributed by atoms with Gasteiger partial charge in [-0.3, -0.25) is 20.0 Å². The maximum Gasteiger partial charge on any atom is 2.00 e. The summed E-state index contributed by atoms with van der Waals surface area (Å²) >= 11 is -2.22. The molecule has 4 aromatic rings. The first-order valence-electron chi connectivity index (χ1n) is 30.6. The zero-order valence-corrected chi connectivity index (χ0v) is 64.3. The molecule has 0 bridgehead atoms. The summed E-state index contributed by atoms with van der Waals surface area (Å²) in [6.07, 6.45) is 15.3. The van der Waals surface area contributed by atoms with Crippen LogP contribution in [0.15, 0.2) is 68.5 Å². The van der Waals surface area contributed by atoms with Gasteiger partial charge in [-0.1, -0.05) is 263 Å². The molecule has 0 unspecified atom stereocenters. The molecule has 86 heavy (non-hydrogen) atoms. The Labute approximate surface area is 560 Å². The van der Waals surface area contributed by atoms with Crippen LogP contribution in [0.25, 0.3) is 0 Å². The van der Waals surface area contributed by atoms with Crippen molar-refractivity contribution < 1.29 is 54.0 Å². The van der Waals surface area contributed by atoms with Crippen molar-refractivity contribution in [3.63, 3.8) is 0 Å². The smallest absolute Gasteiger partial charge is 2.00 e. The third-order valence-corrected chi connectivity index (χ3v) is 16.2. The van der Waals surface area contributed by atoms with Crippen molar-refractivity contribution in [1.82, 2.24) is 0 Å². The third-order valence-electron chi connectivity index (χ3n) is 16.2. The van der Waals surface area contributed by atoms with Crippen molar-refractivity contribution in [2.24, 2.45) is 20.0 Å². The van der Waals surface area contributed by atoms with Crippen LogP contribution in [0.4, 0.5) is 0 Å². The van der Waals surface area contributed by atoms with Crippen molar-refractivity contribution in [3.8, 4) is 23.0 Å². The minimum Gasteiger partial charge on any atom is 2.00 e. The van der Waals surface area contributed by atoms with Crippen molar-refractivity contribution in [3.05, 3.63) is 115 Å². The zero-order chi connectivity index (χ0) is 64.1. The molecule has 2 aliphatic rings. The number of nitrogens with zero attached hydrogens (tertiary/aromatic N) is 4. The second kappa shape index (κ2) is 31.2. The van der Waals surface area contributed by atoms with Gasteiger partial charge >= 0.3 is 77.2 Å². The summed E-state index contributed by atoms with van der Waals surface area (Å²) in [6.45, 7) is 51.2. The molecule has 0 aromatic heterocycles. The van der Waals surface area contributed by atoms with Gasteiger partial charge in [-0.2, -0.15) is 0 Å². The van der Waals surface area contributed by atoms with Gasteiger partial charge in [0.15, 0.2) is 0 Å². The molecular weight excluding hydrogens is 1320 g/mol. The predicted molar refractivity (Wildman–Crippen MR) is 359 cm³/mol. The van der Waals surface area contributed by atoms with Gasteiger partial charge in [0.25, 0.3) is 0 Å². The Morgan fingerprint density at radius 1 is 0.314 bits per heavy atom. The van der Waals surface area contributed by atoms with Gasteiger partial charge in [-0.15, -0.1) is 0 Å². The fourth-order valence-electron chi connectivity index (χ4n) is 10.5. The Kier molecular flexibility index (Phi) is 28.9. The second-order valence-electron chi connectivity index (χ2n) is 32.0. The molecule has 0 N–H and O–H groups in total. The van der Waals surface area contributed by atoms with Crippen LogP contribution in [0.1, 0.15) is 284 Å². The summed E-state index contributed by atoms with van der Waals surface area (Å²) in [5.41, 5.74) is 9.24. The fraction of sp³-hybridized carbons (Fsp3) is 0.611. The van der Waals surface area contributed by atoms with E-state index in [1.165, 1.54) is 0 Å². The molecule has 478 valence electrons. The monoisotopic (exact) mass is 1430 g/mol. The number of hydrogen-bond donors (Lipinski definition) is 0. The zero-order valence-electron chi connectivity index (χ0n) is 56.7. The molecule has 2 aliphatic carbocycles. The van der Waals surface area contributed by atoms with E-state index >= 15 is 0 Å². The Balaban J connectivity index is 0.000000540. The van der Waals surface area contributed by atoms with E-state index in [9.17, 15) is 20.4 Å². The third kappa shape index (κ3) is 23.0. The van der Waals surface area contributed by atoms with Gasteiger partial charge in [-0.25, -0.2) is 0 Å². The van der Waals surface area contributed by atoms with Gasteiger partial charge in [0.2, 0.25) is 0 Å². The van der Waals surface area contributed by atoms with Crippen molar-refractivity contribution >= 4 is 68.5 Å². The number of halogens is 3. The van der Waals surface area contributed by atoms with Gasteiger partial charge in [0, 0.05) is 24.9 Å². The largest absolute Gasteiger partial charge is 2.00 e. The fourth-order valence-corrected chi connectivity index (χ4v) is 10.5. The van der Waals surface area contributed by atoms with Gasteiger partial charge in [-0.05, 0) is 136 Å². The van der Waals surface area contributed by atoms with Crippen molar-refractivity contribution in [1.29, 1.82) is 0 Å². The quantitative estimate of drug-likeness (QED) is 0.162. The molecule has 8 nitrogen and oxygen atoms in total. The molecule has 4 atom stereocenters. The van der Waals surface area contributed by atoms with Crippen LogP contribution < -0.4 is 20.4 Å². The maximum atomic E-state index is 13.5. The molecule has 2 radical (unpaired) electrons. The number of benzene rings is 4. The average Bonchev–Trinajstić information content (AvgIpc) is 2.21. The molecule has 2 fully saturated rings. The first kappa shape index (κ1) is 79.6. The summed E-state index contributed by atoms with van der Waals surface area (Å²) in [5, 5.41) is 53.9. The van der Waals surface area contributed by atoms with Crippen LogP contribution in [0.3, 0.4) is 0 Å². The van der Waals surface area contributed by atoms with Gasteiger partial charge in [0.05, 0.1) is 24.2 Å². The first-order valence-corrected chi connectivity index (χ1v) is 43.1. The molecular formula is C72H104Cl3Co2InN4O4. The van der Waals surface area contributed by atoms with Crippen LogP contribution in [-0.4, -0.2) is 66.9 Å². The van der Waals surface area contributed by atoms with E-state index in [1.807, 2.05) is 24.3 Å².